The van der Waals surface area contributed by atoms with Gasteiger partial charge in [0, 0.05) is 26.0 Å². The van der Waals surface area contributed by atoms with E-state index in [1.165, 1.54) is 0 Å². The first kappa shape index (κ1) is 13.2. The van der Waals surface area contributed by atoms with E-state index in [2.05, 4.69) is 17.3 Å². The highest BCUT2D eigenvalue weighted by Crippen LogP contribution is 2.11. The van der Waals surface area contributed by atoms with Gasteiger partial charge in [0.1, 0.15) is 5.69 Å². The van der Waals surface area contributed by atoms with Crippen LogP contribution in [-0.4, -0.2) is 20.3 Å². The SMILES string of the molecule is CCCn1cc(N)cc1C(=O)NCc1ccnn1C. The van der Waals surface area contributed by atoms with Crippen LogP contribution in [0.1, 0.15) is 29.5 Å². The van der Waals surface area contributed by atoms with Crippen LogP contribution in [-0.2, 0) is 20.1 Å². The van der Waals surface area contributed by atoms with E-state index in [1.54, 1.807) is 23.1 Å². The molecule has 0 bridgehead atoms. The first-order chi connectivity index (χ1) is 9.11. The Morgan fingerprint density at radius 2 is 2.32 bits per heavy atom. The van der Waals surface area contributed by atoms with Crippen molar-refractivity contribution in [3.05, 3.63) is 35.9 Å². The monoisotopic (exact) mass is 261 g/mol. The van der Waals surface area contributed by atoms with Gasteiger partial charge in [-0.15, -0.1) is 0 Å². The number of nitrogen functional groups attached to an aromatic ring is 1. The number of anilines is 1. The first-order valence-corrected chi connectivity index (χ1v) is 6.32. The van der Waals surface area contributed by atoms with Crippen LogP contribution in [0.5, 0.6) is 0 Å². The summed E-state index contributed by atoms with van der Waals surface area (Å²) in [6, 6.07) is 3.58. The maximum Gasteiger partial charge on any atom is 0.268 e. The average Bonchev–Trinajstić information content (AvgIpc) is 2.93. The van der Waals surface area contributed by atoms with E-state index in [-0.39, 0.29) is 5.91 Å². The lowest BCUT2D eigenvalue weighted by atomic mass is 10.3. The molecule has 2 heterocycles. The lowest BCUT2D eigenvalue weighted by Crippen LogP contribution is -2.26. The highest BCUT2D eigenvalue weighted by Gasteiger charge is 2.12. The summed E-state index contributed by atoms with van der Waals surface area (Å²) in [6.07, 6.45) is 4.46. The molecule has 2 aromatic heterocycles. The van der Waals surface area contributed by atoms with Crippen LogP contribution in [0.2, 0.25) is 0 Å². The number of nitrogens with zero attached hydrogens (tertiary/aromatic N) is 3. The highest BCUT2D eigenvalue weighted by molar-refractivity contribution is 5.93. The Morgan fingerprint density at radius 3 is 2.95 bits per heavy atom. The molecule has 19 heavy (non-hydrogen) atoms. The Morgan fingerprint density at radius 1 is 1.53 bits per heavy atom. The van der Waals surface area contributed by atoms with Crippen LogP contribution >= 0.6 is 0 Å². The lowest BCUT2D eigenvalue weighted by molar-refractivity contribution is 0.0940. The summed E-state index contributed by atoms with van der Waals surface area (Å²) in [5.41, 5.74) is 7.91. The molecule has 6 nitrogen and oxygen atoms in total. The normalized spacial score (nSPS) is 10.6. The van der Waals surface area contributed by atoms with E-state index in [0.29, 0.717) is 17.9 Å². The third-order valence-electron chi connectivity index (χ3n) is 2.97. The van der Waals surface area contributed by atoms with E-state index >= 15 is 0 Å². The van der Waals surface area contributed by atoms with Gasteiger partial charge in [-0.2, -0.15) is 5.10 Å². The maximum absolute atomic E-state index is 12.1. The summed E-state index contributed by atoms with van der Waals surface area (Å²) >= 11 is 0. The number of rotatable bonds is 5. The van der Waals surface area contributed by atoms with E-state index < -0.39 is 0 Å². The van der Waals surface area contributed by atoms with Crippen molar-refractivity contribution in [3.8, 4) is 0 Å². The molecule has 0 aromatic carbocycles. The molecule has 102 valence electrons. The van der Waals surface area contributed by atoms with Crippen molar-refractivity contribution in [2.75, 3.05) is 5.73 Å². The fraction of sp³-hybridized carbons (Fsp3) is 0.385. The minimum Gasteiger partial charge on any atom is -0.397 e. The second-order valence-electron chi connectivity index (χ2n) is 4.48. The Labute approximate surface area is 112 Å². The fourth-order valence-electron chi connectivity index (χ4n) is 1.99. The van der Waals surface area contributed by atoms with E-state index in [0.717, 1.165) is 18.7 Å². The second-order valence-corrected chi connectivity index (χ2v) is 4.48. The lowest BCUT2D eigenvalue weighted by Gasteiger charge is -2.08. The van der Waals surface area contributed by atoms with Gasteiger partial charge in [0.05, 0.1) is 17.9 Å². The minimum absolute atomic E-state index is 0.119. The molecule has 0 saturated heterocycles. The molecular formula is C13H19N5O. The molecule has 0 aliphatic rings. The molecule has 1 amide bonds. The van der Waals surface area contributed by atoms with Crippen molar-refractivity contribution in [1.29, 1.82) is 0 Å². The van der Waals surface area contributed by atoms with Gasteiger partial charge >= 0.3 is 0 Å². The van der Waals surface area contributed by atoms with Gasteiger partial charge in [-0.3, -0.25) is 9.48 Å². The second kappa shape index (κ2) is 5.60. The molecule has 0 spiro atoms. The number of nitrogens with two attached hydrogens (primary N) is 1. The highest BCUT2D eigenvalue weighted by atomic mass is 16.1. The summed E-state index contributed by atoms with van der Waals surface area (Å²) in [4.78, 5) is 12.1. The molecule has 6 heteroatoms. The van der Waals surface area contributed by atoms with Gasteiger partial charge in [-0.25, -0.2) is 0 Å². The Balaban J connectivity index is 2.05. The topological polar surface area (TPSA) is 77.9 Å². The van der Waals surface area contributed by atoms with Crippen LogP contribution in [0.15, 0.2) is 24.5 Å². The van der Waals surface area contributed by atoms with Crippen LogP contribution in [0.3, 0.4) is 0 Å². The largest absolute Gasteiger partial charge is 0.397 e. The van der Waals surface area contributed by atoms with E-state index in [4.69, 9.17) is 5.73 Å². The Kier molecular flexibility index (Phi) is 3.89. The molecule has 2 rings (SSSR count). The standard InChI is InChI=1S/C13H19N5O/c1-3-6-18-9-10(14)7-12(18)13(19)15-8-11-4-5-16-17(11)2/h4-5,7,9H,3,6,8,14H2,1-2H3,(H,15,19). The number of carbonyl (C=O) groups excluding carboxylic acids is 1. The zero-order chi connectivity index (χ0) is 13.8. The van der Waals surface area contributed by atoms with Crippen LogP contribution < -0.4 is 11.1 Å². The van der Waals surface area contributed by atoms with Gasteiger partial charge in [0.15, 0.2) is 0 Å². The average molecular weight is 261 g/mol. The van der Waals surface area contributed by atoms with Gasteiger partial charge in [-0.1, -0.05) is 6.92 Å². The predicted octanol–water partition coefficient (Wildman–Crippen LogP) is 1.14. The summed E-state index contributed by atoms with van der Waals surface area (Å²) in [7, 11) is 1.85. The minimum atomic E-state index is -0.119. The zero-order valence-electron chi connectivity index (χ0n) is 11.3. The fourth-order valence-corrected chi connectivity index (χ4v) is 1.99. The Hall–Kier alpha value is -2.24. The smallest absolute Gasteiger partial charge is 0.268 e. The van der Waals surface area contributed by atoms with Gasteiger partial charge in [-0.05, 0) is 18.6 Å². The number of carbonyl (C=O) groups is 1. The maximum atomic E-state index is 12.1. The number of nitrogens with one attached hydrogen (secondary N) is 1. The summed E-state index contributed by atoms with van der Waals surface area (Å²) in [5, 5.41) is 6.94. The molecule has 0 aliphatic carbocycles. The number of hydrogen-bond acceptors (Lipinski definition) is 3. The third kappa shape index (κ3) is 2.96. The van der Waals surface area contributed by atoms with Crippen LogP contribution in [0.25, 0.3) is 0 Å². The number of hydrogen-bond donors (Lipinski definition) is 2. The van der Waals surface area contributed by atoms with Crippen molar-refractivity contribution >= 4 is 11.6 Å². The Bertz CT molecular complexity index is 569. The summed E-state index contributed by atoms with van der Waals surface area (Å²) in [5.74, 6) is -0.119. The van der Waals surface area contributed by atoms with Gasteiger partial charge in [0.25, 0.3) is 5.91 Å². The molecule has 0 atom stereocenters. The molecule has 0 aliphatic heterocycles. The number of aryl methyl sites for hydroxylation is 2. The first-order valence-electron chi connectivity index (χ1n) is 6.32. The molecule has 0 fully saturated rings. The quantitative estimate of drug-likeness (QED) is 0.847. The summed E-state index contributed by atoms with van der Waals surface area (Å²) in [6.45, 7) is 3.30. The molecule has 0 radical (unpaired) electrons. The molecule has 2 aromatic rings. The van der Waals surface area contributed by atoms with Crippen molar-refractivity contribution in [2.24, 2.45) is 7.05 Å². The zero-order valence-corrected chi connectivity index (χ0v) is 11.3. The van der Waals surface area contributed by atoms with E-state index in [1.807, 2.05) is 17.7 Å². The molecular weight excluding hydrogens is 242 g/mol. The van der Waals surface area contributed by atoms with Crippen molar-refractivity contribution < 1.29 is 4.79 Å². The van der Waals surface area contributed by atoms with E-state index in [9.17, 15) is 4.79 Å². The van der Waals surface area contributed by atoms with Crippen LogP contribution in [0, 0.1) is 0 Å². The molecule has 0 unspecified atom stereocenters. The summed E-state index contributed by atoms with van der Waals surface area (Å²) < 4.78 is 3.62. The van der Waals surface area contributed by atoms with Gasteiger partial charge < -0.3 is 15.6 Å². The predicted molar refractivity (Wildman–Crippen MR) is 73.5 cm³/mol. The van der Waals surface area contributed by atoms with Crippen molar-refractivity contribution in [1.82, 2.24) is 19.7 Å². The molecule has 0 saturated carbocycles. The molecule has 3 N–H and O–H groups in total. The number of aromatic nitrogens is 3. The number of amides is 1. The van der Waals surface area contributed by atoms with Crippen LogP contribution in [0.4, 0.5) is 5.69 Å². The van der Waals surface area contributed by atoms with Crippen molar-refractivity contribution in [2.45, 2.75) is 26.4 Å². The van der Waals surface area contributed by atoms with Crippen molar-refractivity contribution in [3.63, 3.8) is 0 Å². The third-order valence-corrected chi connectivity index (χ3v) is 2.97. The van der Waals surface area contributed by atoms with Gasteiger partial charge in [0.2, 0.25) is 0 Å².